The summed E-state index contributed by atoms with van der Waals surface area (Å²) in [5, 5.41) is 0. The Labute approximate surface area is 183 Å². The van der Waals surface area contributed by atoms with Crippen LogP contribution in [-0.4, -0.2) is 11.9 Å². The minimum atomic E-state index is -0.366. The molecular formula is C26H40O4. The first-order valence-electron chi connectivity index (χ1n) is 11.2. The summed E-state index contributed by atoms with van der Waals surface area (Å²) in [6, 6.07) is 3.51. The average molecular weight is 417 g/mol. The molecule has 1 atom stereocenters. The lowest BCUT2D eigenvalue weighted by atomic mass is 9.94. The fourth-order valence-corrected chi connectivity index (χ4v) is 3.61. The third kappa shape index (κ3) is 10.6. The van der Waals surface area contributed by atoms with Crippen LogP contribution < -0.4 is 9.47 Å². The molecule has 1 aromatic rings. The van der Waals surface area contributed by atoms with E-state index in [1.54, 1.807) is 12.1 Å². The van der Waals surface area contributed by atoms with Gasteiger partial charge in [-0.3, -0.25) is 9.59 Å². The number of allylic oxidation sites excluding steroid dienone is 2. The van der Waals surface area contributed by atoms with Crippen LogP contribution in [0.2, 0.25) is 0 Å². The molecule has 0 fully saturated rings. The molecule has 1 unspecified atom stereocenters. The van der Waals surface area contributed by atoms with Crippen LogP contribution in [0.5, 0.6) is 11.5 Å². The number of hydrogen-bond acceptors (Lipinski definition) is 4. The molecule has 4 nitrogen and oxygen atoms in total. The van der Waals surface area contributed by atoms with Crippen molar-refractivity contribution in [2.75, 3.05) is 0 Å². The molecule has 0 aliphatic carbocycles. The zero-order valence-electron chi connectivity index (χ0n) is 20.0. The van der Waals surface area contributed by atoms with Gasteiger partial charge in [0.1, 0.15) is 11.5 Å². The molecule has 4 heteroatoms. The highest BCUT2D eigenvalue weighted by molar-refractivity contribution is 5.72. The molecule has 0 N–H and O–H groups in total. The molecule has 0 heterocycles. The van der Waals surface area contributed by atoms with Gasteiger partial charge in [0.05, 0.1) is 0 Å². The van der Waals surface area contributed by atoms with E-state index < -0.39 is 0 Å². The standard InChI is InChI=1S/C26H40O4/c1-18(2)10-8-11-19(3)12-9-13-20(4)14-15-24-17-25(29-22(6)27)16-21(5)26(24)30-23(7)28/h14,16-19H,8-13,15H2,1-7H3/b20-14+. The highest BCUT2D eigenvalue weighted by atomic mass is 16.5. The molecule has 168 valence electrons. The maximum absolute atomic E-state index is 11.5. The molecule has 0 amide bonds. The van der Waals surface area contributed by atoms with E-state index >= 15 is 0 Å². The van der Waals surface area contributed by atoms with E-state index in [4.69, 9.17) is 9.47 Å². The Morgan fingerprint density at radius 3 is 2.17 bits per heavy atom. The predicted octanol–water partition coefficient (Wildman–Crippen LogP) is 6.97. The lowest BCUT2D eigenvalue weighted by molar-refractivity contribution is -0.133. The summed E-state index contributed by atoms with van der Waals surface area (Å²) in [5.74, 6) is 1.88. The average Bonchev–Trinajstić information content (AvgIpc) is 2.61. The van der Waals surface area contributed by atoms with Gasteiger partial charge in [0.15, 0.2) is 0 Å². The zero-order valence-corrected chi connectivity index (χ0v) is 20.0. The quantitative estimate of drug-likeness (QED) is 0.210. The van der Waals surface area contributed by atoms with Gasteiger partial charge in [0.25, 0.3) is 0 Å². The van der Waals surface area contributed by atoms with Gasteiger partial charge in [-0.05, 0) is 62.6 Å². The normalized spacial score (nSPS) is 12.7. The molecule has 0 aromatic heterocycles. The van der Waals surface area contributed by atoms with Crippen LogP contribution in [0.1, 0.15) is 91.2 Å². The second kappa shape index (κ2) is 13.3. The lowest BCUT2D eigenvalue weighted by Crippen LogP contribution is -2.07. The Morgan fingerprint density at radius 2 is 1.57 bits per heavy atom. The summed E-state index contributed by atoms with van der Waals surface area (Å²) in [6.07, 6.45) is 10.3. The number of esters is 2. The molecule has 0 saturated heterocycles. The molecule has 0 bridgehead atoms. The van der Waals surface area contributed by atoms with Crippen molar-refractivity contribution in [3.8, 4) is 11.5 Å². The second-order valence-corrected chi connectivity index (χ2v) is 8.99. The number of carbonyl (C=O) groups excluding carboxylic acids is 2. The van der Waals surface area contributed by atoms with Gasteiger partial charge in [-0.15, -0.1) is 0 Å². The van der Waals surface area contributed by atoms with Gasteiger partial charge in [-0.1, -0.05) is 58.1 Å². The largest absolute Gasteiger partial charge is 0.427 e. The molecule has 0 aliphatic heterocycles. The maximum atomic E-state index is 11.5. The van der Waals surface area contributed by atoms with Gasteiger partial charge < -0.3 is 9.47 Å². The van der Waals surface area contributed by atoms with E-state index in [-0.39, 0.29) is 11.9 Å². The minimum absolute atomic E-state index is 0.355. The monoisotopic (exact) mass is 416 g/mol. The van der Waals surface area contributed by atoms with Crippen LogP contribution in [-0.2, 0) is 16.0 Å². The summed E-state index contributed by atoms with van der Waals surface area (Å²) in [7, 11) is 0. The third-order valence-corrected chi connectivity index (χ3v) is 5.25. The van der Waals surface area contributed by atoms with Gasteiger partial charge in [0.2, 0.25) is 0 Å². The SMILES string of the molecule is CC(=O)Oc1cc(C)c(OC(C)=O)c(C/C=C(\C)CCCC(C)CCCC(C)C)c1. The summed E-state index contributed by atoms with van der Waals surface area (Å²) in [5.41, 5.74) is 2.96. The highest BCUT2D eigenvalue weighted by Gasteiger charge is 2.13. The Bertz CT molecular complexity index is 731. The Morgan fingerprint density at radius 1 is 0.933 bits per heavy atom. The van der Waals surface area contributed by atoms with Crippen molar-refractivity contribution in [3.63, 3.8) is 0 Å². The van der Waals surface area contributed by atoms with Crippen molar-refractivity contribution in [3.05, 3.63) is 34.9 Å². The molecule has 0 radical (unpaired) electrons. The highest BCUT2D eigenvalue weighted by Crippen LogP contribution is 2.30. The third-order valence-electron chi connectivity index (χ3n) is 5.25. The van der Waals surface area contributed by atoms with Crippen LogP contribution in [0, 0.1) is 18.8 Å². The van der Waals surface area contributed by atoms with Gasteiger partial charge in [0, 0.05) is 19.4 Å². The van der Waals surface area contributed by atoms with Crippen LogP contribution in [0.4, 0.5) is 0 Å². The zero-order chi connectivity index (χ0) is 22.7. The van der Waals surface area contributed by atoms with Gasteiger partial charge in [-0.25, -0.2) is 0 Å². The molecule has 0 saturated carbocycles. The van der Waals surface area contributed by atoms with Crippen LogP contribution in [0.15, 0.2) is 23.8 Å². The van der Waals surface area contributed by atoms with E-state index in [1.807, 2.05) is 6.92 Å². The summed E-state index contributed by atoms with van der Waals surface area (Å²) < 4.78 is 10.7. The maximum Gasteiger partial charge on any atom is 0.308 e. The number of rotatable bonds is 12. The van der Waals surface area contributed by atoms with Crippen molar-refractivity contribution in [1.82, 2.24) is 0 Å². The van der Waals surface area contributed by atoms with Crippen molar-refractivity contribution < 1.29 is 19.1 Å². The van der Waals surface area contributed by atoms with E-state index in [9.17, 15) is 9.59 Å². The topological polar surface area (TPSA) is 52.6 Å². The molecule has 0 aliphatic rings. The van der Waals surface area contributed by atoms with E-state index in [0.717, 1.165) is 29.4 Å². The van der Waals surface area contributed by atoms with Crippen LogP contribution in [0.3, 0.4) is 0 Å². The first-order valence-corrected chi connectivity index (χ1v) is 11.2. The Balaban J connectivity index is 2.70. The van der Waals surface area contributed by atoms with E-state index in [0.29, 0.717) is 17.9 Å². The smallest absolute Gasteiger partial charge is 0.308 e. The van der Waals surface area contributed by atoms with Crippen molar-refractivity contribution in [2.24, 2.45) is 11.8 Å². The van der Waals surface area contributed by atoms with Crippen molar-refractivity contribution in [1.29, 1.82) is 0 Å². The molecule has 1 rings (SSSR count). The number of hydrogen-bond donors (Lipinski definition) is 0. The van der Waals surface area contributed by atoms with Gasteiger partial charge in [-0.2, -0.15) is 0 Å². The fourth-order valence-electron chi connectivity index (χ4n) is 3.61. The summed E-state index contributed by atoms with van der Waals surface area (Å²) in [4.78, 5) is 22.8. The number of ether oxygens (including phenoxy) is 2. The fraction of sp³-hybridized carbons (Fsp3) is 0.615. The molecule has 30 heavy (non-hydrogen) atoms. The molecule has 1 aromatic carbocycles. The van der Waals surface area contributed by atoms with Crippen LogP contribution in [0.25, 0.3) is 0 Å². The molecular weight excluding hydrogens is 376 g/mol. The summed E-state index contributed by atoms with van der Waals surface area (Å²) >= 11 is 0. The Kier molecular flexibility index (Phi) is 11.5. The van der Waals surface area contributed by atoms with E-state index in [1.165, 1.54) is 51.5 Å². The summed E-state index contributed by atoms with van der Waals surface area (Å²) in [6.45, 7) is 13.7. The first-order chi connectivity index (χ1) is 14.1. The number of aryl methyl sites for hydroxylation is 1. The number of benzene rings is 1. The first kappa shape index (κ1) is 25.9. The predicted molar refractivity (Wildman–Crippen MR) is 123 cm³/mol. The van der Waals surface area contributed by atoms with Gasteiger partial charge >= 0.3 is 11.9 Å². The molecule has 0 spiro atoms. The van der Waals surface area contributed by atoms with Crippen LogP contribution >= 0.6 is 0 Å². The van der Waals surface area contributed by atoms with Crippen molar-refractivity contribution in [2.45, 2.75) is 93.4 Å². The second-order valence-electron chi connectivity index (χ2n) is 8.99. The minimum Gasteiger partial charge on any atom is -0.427 e. The Hall–Kier alpha value is -2.10. The van der Waals surface area contributed by atoms with Crippen molar-refractivity contribution >= 4 is 11.9 Å². The number of carbonyl (C=O) groups is 2. The van der Waals surface area contributed by atoms with E-state index in [2.05, 4.69) is 33.8 Å². The lowest BCUT2D eigenvalue weighted by Gasteiger charge is -2.14.